The van der Waals surface area contributed by atoms with Crippen LogP contribution in [-0.2, 0) is 33.0 Å². The van der Waals surface area contributed by atoms with Gasteiger partial charge in [-0.15, -0.1) is 0 Å². The second-order valence-electron chi connectivity index (χ2n) is 9.19. The zero-order valence-corrected chi connectivity index (χ0v) is 20.7. The Bertz CT molecular complexity index is 1520. The number of phenols is 1. The zero-order valence-electron chi connectivity index (χ0n) is 20.7. The van der Waals surface area contributed by atoms with E-state index in [-0.39, 0.29) is 47.3 Å². The number of ketones is 2. The van der Waals surface area contributed by atoms with Crippen LogP contribution in [0.25, 0.3) is 0 Å². The molecule has 1 unspecified atom stereocenters. The molecule has 0 saturated heterocycles. The lowest BCUT2D eigenvalue weighted by Gasteiger charge is -2.27. The molecule has 8 nitrogen and oxygen atoms in total. The topological polar surface area (TPSA) is 119 Å². The number of hydrogen-bond donors (Lipinski definition) is 2. The second-order valence-corrected chi connectivity index (χ2v) is 9.19. The van der Waals surface area contributed by atoms with Gasteiger partial charge in [0.25, 0.3) is 0 Å². The van der Waals surface area contributed by atoms with Gasteiger partial charge in [-0.2, -0.15) is 0 Å². The molecule has 0 fully saturated rings. The lowest BCUT2D eigenvalue weighted by Crippen LogP contribution is -2.38. The number of esters is 1. The van der Waals surface area contributed by atoms with Crippen molar-refractivity contribution >= 4 is 17.5 Å². The van der Waals surface area contributed by atoms with E-state index in [2.05, 4.69) is 0 Å². The molecule has 2 N–H and O–H groups in total. The predicted octanol–water partition coefficient (Wildman–Crippen LogP) is 4.85. The molecule has 38 heavy (non-hydrogen) atoms. The number of rotatable bonds is 7. The van der Waals surface area contributed by atoms with Gasteiger partial charge in [-0.3, -0.25) is 9.59 Å². The van der Waals surface area contributed by atoms with E-state index in [9.17, 15) is 24.6 Å². The van der Waals surface area contributed by atoms with E-state index in [0.717, 1.165) is 24.1 Å². The number of benzene rings is 3. The van der Waals surface area contributed by atoms with Crippen molar-refractivity contribution in [2.24, 2.45) is 0 Å². The van der Waals surface area contributed by atoms with E-state index in [1.807, 2.05) is 48.5 Å². The minimum atomic E-state index is -1.65. The van der Waals surface area contributed by atoms with Gasteiger partial charge in [-0.1, -0.05) is 60.7 Å². The summed E-state index contributed by atoms with van der Waals surface area (Å²) in [6.45, 7) is 2.66. The highest BCUT2D eigenvalue weighted by atomic mass is 16.5. The molecule has 0 radical (unpaired) electrons. The van der Waals surface area contributed by atoms with E-state index in [0.29, 0.717) is 0 Å². The van der Waals surface area contributed by atoms with Crippen LogP contribution in [0.4, 0.5) is 0 Å². The number of aliphatic hydroxyl groups is 1. The third-order valence-corrected chi connectivity index (χ3v) is 6.64. The number of aromatic hydroxyl groups is 1. The van der Waals surface area contributed by atoms with Crippen LogP contribution < -0.4 is 9.47 Å². The normalized spacial score (nSPS) is 17.7. The first-order chi connectivity index (χ1) is 18.2. The molecule has 3 aromatic carbocycles. The number of carbonyl (C=O) groups is 3. The fourth-order valence-electron chi connectivity index (χ4n) is 4.68. The van der Waals surface area contributed by atoms with Crippen LogP contribution in [0.2, 0.25) is 0 Å². The molecule has 0 spiro atoms. The molecule has 0 aromatic heterocycles. The van der Waals surface area contributed by atoms with Crippen LogP contribution in [0, 0.1) is 0 Å². The van der Waals surface area contributed by atoms with Gasteiger partial charge in [-0.05, 0) is 25.0 Å². The van der Waals surface area contributed by atoms with Gasteiger partial charge in [-0.25, -0.2) is 4.79 Å². The van der Waals surface area contributed by atoms with E-state index in [4.69, 9.17) is 14.2 Å². The maximum atomic E-state index is 13.5. The van der Waals surface area contributed by atoms with Crippen molar-refractivity contribution in [1.82, 2.24) is 0 Å². The molecule has 8 heteroatoms. The molecule has 1 atom stereocenters. The average Bonchev–Trinajstić information content (AvgIpc) is 3.20. The number of Topliss-reactive ketones (excluding diaryl/α,β-unsaturated/α-hetero) is 2. The molecule has 1 heterocycles. The summed E-state index contributed by atoms with van der Waals surface area (Å²) < 4.78 is 17.5. The SMILES string of the molecule is CC(=O)C1=C(O)C=C2Oc3c(C(=O)OCc4ccccc4)c(OCc4ccccc4)cc(O)c3C2(C)C1=O. The fourth-order valence-corrected chi connectivity index (χ4v) is 4.68. The molecule has 0 bridgehead atoms. The largest absolute Gasteiger partial charge is 0.507 e. The quantitative estimate of drug-likeness (QED) is 0.341. The van der Waals surface area contributed by atoms with Crippen molar-refractivity contribution in [3.63, 3.8) is 0 Å². The van der Waals surface area contributed by atoms with Crippen molar-refractivity contribution < 1.29 is 38.8 Å². The number of allylic oxidation sites excluding steroid dienone is 3. The first-order valence-electron chi connectivity index (χ1n) is 11.9. The van der Waals surface area contributed by atoms with Gasteiger partial charge in [0.2, 0.25) is 0 Å². The Hall–Kier alpha value is -4.85. The van der Waals surface area contributed by atoms with Gasteiger partial charge in [0, 0.05) is 12.1 Å². The minimum Gasteiger partial charge on any atom is -0.507 e. The summed E-state index contributed by atoms with van der Waals surface area (Å²) in [5.74, 6) is -3.28. The summed E-state index contributed by atoms with van der Waals surface area (Å²) in [4.78, 5) is 39.1. The third kappa shape index (κ3) is 4.10. The second kappa shape index (κ2) is 9.55. The van der Waals surface area contributed by atoms with Crippen molar-refractivity contribution in [3.8, 4) is 17.2 Å². The maximum Gasteiger partial charge on any atom is 0.346 e. The van der Waals surface area contributed by atoms with Crippen LogP contribution in [-0.4, -0.2) is 27.7 Å². The summed E-state index contributed by atoms with van der Waals surface area (Å²) in [7, 11) is 0. The van der Waals surface area contributed by atoms with Crippen molar-refractivity contribution in [2.45, 2.75) is 32.5 Å². The third-order valence-electron chi connectivity index (χ3n) is 6.64. The van der Waals surface area contributed by atoms with Crippen LogP contribution in [0.5, 0.6) is 17.2 Å². The summed E-state index contributed by atoms with van der Waals surface area (Å²) in [6, 6.07) is 19.5. The lowest BCUT2D eigenvalue weighted by molar-refractivity contribution is -0.123. The van der Waals surface area contributed by atoms with Gasteiger partial charge < -0.3 is 24.4 Å². The van der Waals surface area contributed by atoms with E-state index >= 15 is 0 Å². The van der Waals surface area contributed by atoms with Crippen LogP contribution in [0.15, 0.2) is 89.9 Å². The van der Waals surface area contributed by atoms with E-state index in [1.165, 1.54) is 13.0 Å². The highest BCUT2D eigenvalue weighted by Crippen LogP contribution is 2.56. The van der Waals surface area contributed by atoms with Gasteiger partial charge >= 0.3 is 5.97 Å². The minimum absolute atomic E-state index is 0.0116. The number of hydrogen-bond acceptors (Lipinski definition) is 8. The maximum absolute atomic E-state index is 13.5. The van der Waals surface area contributed by atoms with Crippen LogP contribution in [0.3, 0.4) is 0 Å². The standard InChI is InChI=1S/C30H24O8/c1-17(31)24-20(32)14-23-30(2,28(24)34)26-21(33)13-22(36-15-18-9-5-3-6-10-18)25(27(26)38-23)29(35)37-16-19-11-7-4-8-12-19/h3-14,32-33H,15-16H2,1-2H3. The molecule has 0 amide bonds. The summed E-state index contributed by atoms with van der Waals surface area (Å²) >= 11 is 0. The Morgan fingerprint density at radius 1 is 0.947 bits per heavy atom. The van der Waals surface area contributed by atoms with Crippen molar-refractivity contribution in [1.29, 1.82) is 0 Å². The first kappa shape index (κ1) is 24.8. The number of aliphatic hydroxyl groups excluding tert-OH is 1. The molecular weight excluding hydrogens is 488 g/mol. The van der Waals surface area contributed by atoms with Crippen molar-refractivity contribution in [3.05, 3.63) is 112 Å². The van der Waals surface area contributed by atoms with Crippen molar-refractivity contribution in [2.75, 3.05) is 0 Å². The Morgan fingerprint density at radius 2 is 1.55 bits per heavy atom. The molecule has 5 rings (SSSR count). The fraction of sp³-hybridized carbons (Fsp3) is 0.167. The van der Waals surface area contributed by atoms with Crippen LogP contribution in [0.1, 0.15) is 40.9 Å². The zero-order chi connectivity index (χ0) is 27.0. The number of fused-ring (bicyclic) bond motifs is 3. The summed E-state index contributed by atoms with van der Waals surface area (Å²) in [5.41, 5.74) is -0.640. The summed E-state index contributed by atoms with van der Waals surface area (Å²) in [6.07, 6.45) is 1.15. The average molecular weight is 513 g/mol. The first-order valence-corrected chi connectivity index (χ1v) is 11.9. The van der Waals surface area contributed by atoms with Gasteiger partial charge in [0.05, 0.1) is 5.56 Å². The Balaban J connectivity index is 1.60. The van der Waals surface area contributed by atoms with Crippen LogP contribution >= 0.6 is 0 Å². The Labute approximate surface area is 218 Å². The molecule has 1 aliphatic carbocycles. The van der Waals surface area contributed by atoms with Gasteiger partial charge in [0.15, 0.2) is 17.3 Å². The molecule has 3 aromatic rings. The Morgan fingerprint density at radius 3 is 2.16 bits per heavy atom. The van der Waals surface area contributed by atoms with E-state index in [1.54, 1.807) is 12.1 Å². The highest BCUT2D eigenvalue weighted by Gasteiger charge is 2.55. The molecule has 192 valence electrons. The molecule has 1 aliphatic heterocycles. The molecule has 0 saturated carbocycles. The molecule has 2 aliphatic rings. The smallest absolute Gasteiger partial charge is 0.346 e. The molecular formula is C30H24O8. The lowest BCUT2D eigenvalue weighted by atomic mass is 9.71. The van der Waals surface area contributed by atoms with E-state index < -0.39 is 34.3 Å². The Kier molecular flexibility index (Phi) is 6.24. The highest BCUT2D eigenvalue weighted by molar-refractivity contribution is 6.25. The number of phenolic OH excluding ortho intramolecular Hbond substituents is 1. The number of ether oxygens (including phenoxy) is 3. The predicted molar refractivity (Wildman–Crippen MR) is 136 cm³/mol. The van der Waals surface area contributed by atoms with Gasteiger partial charge in [0.1, 0.15) is 52.8 Å². The number of carbonyl (C=O) groups excluding carboxylic acids is 3. The summed E-state index contributed by atoms with van der Waals surface area (Å²) in [5, 5.41) is 21.5. The monoisotopic (exact) mass is 512 g/mol.